The van der Waals surface area contributed by atoms with Gasteiger partial charge in [-0.15, -0.1) is 0 Å². The van der Waals surface area contributed by atoms with Gasteiger partial charge >= 0.3 is 12.2 Å². The smallest absolute Gasteiger partial charge is 0.353 e. The van der Waals surface area contributed by atoms with Crippen LogP contribution in [0.15, 0.2) is 54.6 Å². The molecular formula is C26H30ClF3N4O2. The number of carbonyl (C=O) groups excluding carboxylic acids is 2. The third kappa shape index (κ3) is 9.20. The largest absolute Gasteiger partial charge is 0.416 e. The molecule has 0 aliphatic carbocycles. The van der Waals surface area contributed by atoms with Crippen molar-refractivity contribution in [2.45, 2.75) is 25.4 Å². The first kappa shape index (κ1) is 27.5. The lowest BCUT2D eigenvalue weighted by Crippen LogP contribution is -2.50. The summed E-state index contributed by atoms with van der Waals surface area (Å²) in [6, 6.07) is 11.6. The number of hydrogen-bond acceptors (Lipinski definition) is 3. The predicted molar refractivity (Wildman–Crippen MR) is 136 cm³/mol. The van der Waals surface area contributed by atoms with Crippen molar-refractivity contribution < 1.29 is 22.8 Å². The number of alkyl halides is 3. The molecule has 36 heavy (non-hydrogen) atoms. The van der Waals surface area contributed by atoms with E-state index in [1.807, 2.05) is 0 Å². The van der Waals surface area contributed by atoms with Gasteiger partial charge in [-0.3, -0.25) is 9.69 Å². The van der Waals surface area contributed by atoms with Gasteiger partial charge in [-0.05, 0) is 67.4 Å². The third-order valence-electron chi connectivity index (χ3n) is 5.87. The highest BCUT2D eigenvalue weighted by Crippen LogP contribution is 2.29. The summed E-state index contributed by atoms with van der Waals surface area (Å²) in [6.45, 7) is 4.45. The minimum absolute atomic E-state index is 0.111. The van der Waals surface area contributed by atoms with E-state index < -0.39 is 11.7 Å². The van der Waals surface area contributed by atoms with E-state index in [1.54, 1.807) is 29.2 Å². The Balaban J connectivity index is 1.24. The van der Waals surface area contributed by atoms with E-state index in [0.717, 1.165) is 51.0 Å². The Bertz CT molecular complexity index is 1020. The summed E-state index contributed by atoms with van der Waals surface area (Å²) in [7, 11) is 0. The Hall–Kier alpha value is -3.04. The summed E-state index contributed by atoms with van der Waals surface area (Å²) < 4.78 is 37.8. The van der Waals surface area contributed by atoms with Gasteiger partial charge in [0.15, 0.2) is 0 Å². The molecule has 3 rings (SSSR count). The van der Waals surface area contributed by atoms with Gasteiger partial charge < -0.3 is 15.5 Å². The number of nitrogens with one attached hydrogen (secondary N) is 2. The fourth-order valence-electron chi connectivity index (χ4n) is 3.77. The van der Waals surface area contributed by atoms with Gasteiger partial charge in [0.1, 0.15) is 0 Å². The van der Waals surface area contributed by atoms with E-state index in [0.29, 0.717) is 35.9 Å². The zero-order chi connectivity index (χ0) is 26.0. The number of hydrogen-bond donors (Lipinski definition) is 2. The normalized spacial score (nSPS) is 14.7. The minimum Gasteiger partial charge on any atom is -0.353 e. The van der Waals surface area contributed by atoms with Gasteiger partial charge in [0.2, 0.25) is 5.91 Å². The molecule has 0 bridgehead atoms. The zero-order valence-corrected chi connectivity index (χ0v) is 20.6. The molecule has 2 aromatic rings. The third-order valence-corrected chi connectivity index (χ3v) is 6.12. The van der Waals surface area contributed by atoms with Crippen LogP contribution in [-0.2, 0) is 11.0 Å². The van der Waals surface area contributed by atoms with Gasteiger partial charge in [-0.25, -0.2) is 4.79 Å². The summed E-state index contributed by atoms with van der Waals surface area (Å²) >= 11 is 5.87. The maximum atomic E-state index is 12.6. The lowest BCUT2D eigenvalue weighted by molar-refractivity contribution is -0.137. The van der Waals surface area contributed by atoms with Crippen LogP contribution in [0.5, 0.6) is 0 Å². The Kier molecular flexibility index (Phi) is 10.2. The van der Waals surface area contributed by atoms with Gasteiger partial charge in [-0.1, -0.05) is 30.2 Å². The molecule has 0 spiro atoms. The van der Waals surface area contributed by atoms with Crippen molar-refractivity contribution in [1.29, 1.82) is 0 Å². The van der Waals surface area contributed by atoms with E-state index in [1.165, 1.54) is 24.3 Å². The second kappa shape index (κ2) is 13.3. The van der Waals surface area contributed by atoms with Crippen LogP contribution in [0.2, 0.25) is 5.02 Å². The number of anilines is 1. The molecule has 3 amide bonds. The number of piperazine rings is 1. The van der Waals surface area contributed by atoms with E-state index >= 15 is 0 Å². The molecule has 10 heteroatoms. The van der Waals surface area contributed by atoms with Crippen molar-refractivity contribution in [2.24, 2.45) is 0 Å². The first-order chi connectivity index (χ1) is 17.2. The Morgan fingerprint density at radius 1 is 0.917 bits per heavy atom. The topological polar surface area (TPSA) is 64.7 Å². The molecule has 1 fully saturated rings. The number of nitrogens with zero attached hydrogens (tertiary/aromatic N) is 2. The first-order valence-electron chi connectivity index (χ1n) is 11.9. The maximum Gasteiger partial charge on any atom is 0.416 e. The molecule has 2 aromatic carbocycles. The Labute approximate surface area is 214 Å². The molecule has 1 aliphatic rings. The summed E-state index contributed by atoms with van der Waals surface area (Å²) in [5.41, 5.74) is 0.528. The van der Waals surface area contributed by atoms with Crippen LogP contribution in [-0.4, -0.2) is 61.0 Å². The van der Waals surface area contributed by atoms with Crippen LogP contribution < -0.4 is 10.6 Å². The van der Waals surface area contributed by atoms with Crippen molar-refractivity contribution in [3.8, 4) is 0 Å². The van der Waals surface area contributed by atoms with Crippen molar-refractivity contribution in [3.63, 3.8) is 0 Å². The molecule has 194 valence electrons. The number of benzene rings is 2. The van der Waals surface area contributed by atoms with E-state index in [4.69, 9.17) is 11.6 Å². The monoisotopic (exact) mass is 522 g/mol. The van der Waals surface area contributed by atoms with Crippen LogP contribution in [0.1, 0.15) is 30.4 Å². The maximum absolute atomic E-state index is 12.6. The SMILES string of the molecule is O=C(/C=C/c1ccc(C(F)(F)F)cc1)NCCCCCN1CCN(C(=O)Nc2ccc(Cl)cc2)CC1. The van der Waals surface area contributed by atoms with Crippen LogP contribution in [0.25, 0.3) is 6.08 Å². The van der Waals surface area contributed by atoms with E-state index in [2.05, 4.69) is 15.5 Å². The highest BCUT2D eigenvalue weighted by atomic mass is 35.5. The van der Waals surface area contributed by atoms with Crippen LogP contribution in [0.3, 0.4) is 0 Å². The fraction of sp³-hybridized carbons (Fsp3) is 0.385. The van der Waals surface area contributed by atoms with E-state index in [-0.39, 0.29) is 11.9 Å². The summed E-state index contributed by atoms with van der Waals surface area (Å²) in [5.74, 6) is -0.275. The molecule has 0 aromatic heterocycles. The van der Waals surface area contributed by atoms with Crippen molar-refractivity contribution >= 4 is 35.3 Å². The molecule has 2 N–H and O–H groups in total. The Morgan fingerprint density at radius 2 is 1.58 bits per heavy atom. The summed E-state index contributed by atoms with van der Waals surface area (Å²) in [4.78, 5) is 28.5. The molecule has 0 unspecified atom stereocenters. The molecule has 1 heterocycles. The average Bonchev–Trinajstić information content (AvgIpc) is 2.86. The minimum atomic E-state index is -4.37. The number of carbonyl (C=O) groups is 2. The van der Waals surface area contributed by atoms with Crippen molar-refractivity contribution in [1.82, 2.24) is 15.1 Å². The summed E-state index contributed by atoms with van der Waals surface area (Å²) in [5, 5.41) is 6.30. The number of unbranched alkanes of at least 4 members (excludes halogenated alkanes) is 2. The number of urea groups is 1. The molecule has 6 nitrogen and oxygen atoms in total. The summed E-state index contributed by atoms with van der Waals surface area (Å²) in [6.07, 6.45) is 1.23. The number of amides is 3. The van der Waals surface area contributed by atoms with E-state index in [9.17, 15) is 22.8 Å². The van der Waals surface area contributed by atoms with Crippen molar-refractivity contribution in [2.75, 3.05) is 44.6 Å². The van der Waals surface area contributed by atoms with Gasteiger partial charge in [-0.2, -0.15) is 13.2 Å². The highest BCUT2D eigenvalue weighted by Gasteiger charge is 2.29. The zero-order valence-electron chi connectivity index (χ0n) is 19.9. The lowest BCUT2D eigenvalue weighted by Gasteiger charge is -2.34. The lowest BCUT2D eigenvalue weighted by atomic mass is 10.1. The van der Waals surface area contributed by atoms with Gasteiger partial charge in [0.05, 0.1) is 5.56 Å². The molecular weight excluding hydrogens is 493 g/mol. The Morgan fingerprint density at radius 3 is 2.22 bits per heavy atom. The van der Waals surface area contributed by atoms with Crippen LogP contribution >= 0.6 is 11.6 Å². The molecule has 0 saturated carbocycles. The second-order valence-corrected chi connectivity index (χ2v) is 9.01. The highest BCUT2D eigenvalue weighted by molar-refractivity contribution is 6.30. The molecule has 1 saturated heterocycles. The number of halogens is 4. The fourth-order valence-corrected chi connectivity index (χ4v) is 3.90. The van der Waals surface area contributed by atoms with Gasteiger partial charge in [0, 0.05) is 49.5 Å². The van der Waals surface area contributed by atoms with Crippen LogP contribution in [0, 0.1) is 0 Å². The average molecular weight is 523 g/mol. The molecule has 1 aliphatic heterocycles. The standard InChI is InChI=1S/C26H30ClF3N4O2/c27-22-9-11-23(12-10-22)32-25(36)34-18-16-33(17-19-34)15-3-1-2-14-31-24(35)13-6-20-4-7-21(8-5-20)26(28,29)30/h4-13H,1-3,14-19H2,(H,31,35)(H,32,36)/b13-6+. The second-order valence-electron chi connectivity index (χ2n) is 8.57. The molecule has 0 atom stereocenters. The van der Waals surface area contributed by atoms with Crippen LogP contribution in [0.4, 0.5) is 23.7 Å². The first-order valence-corrected chi connectivity index (χ1v) is 12.3. The van der Waals surface area contributed by atoms with Crippen molar-refractivity contribution in [3.05, 3.63) is 70.8 Å². The number of rotatable bonds is 9. The quantitative estimate of drug-likeness (QED) is 0.337. The predicted octanol–water partition coefficient (Wildman–Crippen LogP) is 5.51. The molecule has 0 radical (unpaired) electrons. The van der Waals surface area contributed by atoms with Gasteiger partial charge in [0.25, 0.3) is 0 Å².